The van der Waals surface area contributed by atoms with Gasteiger partial charge >= 0.3 is 6.09 Å². The van der Waals surface area contributed by atoms with Crippen LogP contribution < -0.4 is 11.1 Å². The average Bonchev–Trinajstić information content (AvgIpc) is 2.99. The SMILES string of the molecule is CC(N)c1ccccc1NC(=O)/C=C/c1cn(C(=O)O)c2cc(Cl)cc(Cl)c12.Cl. The fourth-order valence-electron chi connectivity index (χ4n) is 2.94. The van der Waals surface area contributed by atoms with Gasteiger partial charge in [0.1, 0.15) is 0 Å². The second-order valence-corrected chi connectivity index (χ2v) is 7.06. The predicted octanol–water partition coefficient (Wildman–Crippen LogP) is 5.57. The van der Waals surface area contributed by atoms with Crippen LogP contribution in [0.15, 0.2) is 48.7 Å². The van der Waals surface area contributed by atoms with Crippen LogP contribution in [0, 0.1) is 0 Å². The number of carbonyl (C=O) groups excluding carboxylic acids is 1. The summed E-state index contributed by atoms with van der Waals surface area (Å²) < 4.78 is 1.01. The van der Waals surface area contributed by atoms with Crippen molar-refractivity contribution in [1.29, 1.82) is 0 Å². The summed E-state index contributed by atoms with van der Waals surface area (Å²) >= 11 is 12.2. The molecule has 0 saturated carbocycles. The van der Waals surface area contributed by atoms with E-state index in [1.165, 1.54) is 30.5 Å². The molecule has 0 bridgehead atoms. The molecule has 9 heteroatoms. The van der Waals surface area contributed by atoms with E-state index < -0.39 is 6.09 Å². The van der Waals surface area contributed by atoms with Gasteiger partial charge < -0.3 is 16.2 Å². The second kappa shape index (κ2) is 9.33. The first kappa shape index (κ1) is 22.8. The van der Waals surface area contributed by atoms with E-state index in [4.69, 9.17) is 28.9 Å². The number of rotatable bonds is 4. The van der Waals surface area contributed by atoms with Crippen LogP contribution in [0.25, 0.3) is 17.0 Å². The number of anilines is 1. The van der Waals surface area contributed by atoms with Gasteiger partial charge in [-0.05, 0) is 36.8 Å². The van der Waals surface area contributed by atoms with Gasteiger partial charge in [0, 0.05) is 40.0 Å². The Balaban J connectivity index is 0.00000300. The molecule has 4 N–H and O–H groups in total. The first-order valence-corrected chi connectivity index (χ1v) is 9.10. The molecule has 1 aromatic heterocycles. The lowest BCUT2D eigenvalue weighted by atomic mass is 10.1. The van der Waals surface area contributed by atoms with Gasteiger partial charge in [-0.2, -0.15) is 0 Å². The summed E-state index contributed by atoms with van der Waals surface area (Å²) in [5.74, 6) is -0.380. The maximum atomic E-state index is 12.4. The molecule has 2 aromatic carbocycles. The van der Waals surface area contributed by atoms with Gasteiger partial charge in [-0.15, -0.1) is 12.4 Å². The van der Waals surface area contributed by atoms with E-state index in [2.05, 4.69) is 5.32 Å². The van der Waals surface area contributed by atoms with Crippen molar-refractivity contribution in [1.82, 2.24) is 4.57 Å². The summed E-state index contributed by atoms with van der Waals surface area (Å²) in [6.07, 6.45) is 3.02. The maximum Gasteiger partial charge on any atom is 0.416 e. The van der Waals surface area contributed by atoms with Crippen molar-refractivity contribution in [2.75, 3.05) is 5.32 Å². The summed E-state index contributed by atoms with van der Waals surface area (Å²) in [6.45, 7) is 1.83. The van der Waals surface area contributed by atoms with Gasteiger partial charge in [0.2, 0.25) is 5.91 Å². The highest BCUT2D eigenvalue weighted by molar-refractivity contribution is 6.39. The molecule has 0 radical (unpaired) electrons. The van der Waals surface area contributed by atoms with Crippen LogP contribution in [0.5, 0.6) is 0 Å². The van der Waals surface area contributed by atoms with Gasteiger partial charge in [0.15, 0.2) is 0 Å². The van der Waals surface area contributed by atoms with E-state index in [0.29, 0.717) is 32.2 Å². The Morgan fingerprint density at radius 2 is 1.93 bits per heavy atom. The number of hydrogen-bond acceptors (Lipinski definition) is 3. The highest BCUT2D eigenvalue weighted by Crippen LogP contribution is 2.33. The average molecular weight is 455 g/mol. The third kappa shape index (κ3) is 4.92. The summed E-state index contributed by atoms with van der Waals surface area (Å²) in [5.41, 5.74) is 8.17. The zero-order valence-corrected chi connectivity index (χ0v) is 17.6. The van der Waals surface area contributed by atoms with Crippen LogP contribution in [0.1, 0.15) is 24.1 Å². The van der Waals surface area contributed by atoms with Crippen molar-refractivity contribution >= 4 is 70.3 Å². The molecule has 152 valence electrons. The quantitative estimate of drug-likeness (QED) is 0.449. The molecule has 6 nitrogen and oxygen atoms in total. The Morgan fingerprint density at radius 1 is 1.24 bits per heavy atom. The predicted molar refractivity (Wildman–Crippen MR) is 119 cm³/mol. The number of para-hydroxylation sites is 1. The summed E-state index contributed by atoms with van der Waals surface area (Å²) in [7, 11) is 0. The molecule has 1 heterocycles. The van der Waals surface area contributed by atoms with Crippen LogP contribution >= 0.6 is 35.6 Å². The number of nitrogens with zero attached hydrogens (tertiary/aromatic N) is 1. The molecule has 0 aliphatic heterocycles. The maximum absolute atomic E-state index is 12.4. The molecule has 1 unspecified atom stereocenters. The fourth-order valence-corrected chi connectivity index (χ4v) is 3.53. The third-order valence-corrected chi connectivity index (χ3v) is 4.70. The summed E-state index contributed by atoms with van der Waals surface area (Å²) in [6, 6.07) is 10.0. The minimum absolute atomic E-state index is 0. The number of aromatic nitrogens is 1. The number of carboxylic acid groups (broad SMARTS) is 1. The number of fused-ring (bicyclic) bond motifs is 1. The third-order valence-electron chi connectivity index (χ3n) is 4.18. The van der Waals surface area contributed by atoms with E-state index in [9.17, 15) is 14.7 Å². The molecule has 3 aromatic rings. The normalized spacial score (nSPS) is 12.0. The zero-order chi connectivity index (χ0) is 20.4. The van der Waals surface area contributed by atoms with Gasteiger partial charge in [0.25, 0.3) is 0 Å². The lowest BCUT2D eigenvalue weighted by Crippen LogP contribution is -2.13. The van der Waals surface area contributed by atoms with Crippen molar-refractivity contribution in [3.05, 3.63) is 69.8 Å². The number of carbonyl (C=O) groups is 2. The van der Waals surface area contributed by atoms with Crippen LogP contribution in [0.2, 0.25) is 10.0 Å². The summed E-state index contributed by atoms with van der Waals surface area (Å²) in [4.78, 5) is 23.9. The van der Waals surface area contributed by atoms with Crippen molar-refractivity contribution < 1.29 is 14.7 Å². The smallest absolute Gasteiger partial charge is 0.416 e. The number of halogens is 3. The van der Waals surface area contributed by atoms with Crippen molar-refractivity contribution in [2.24, 2.45) is 5.73 Å². The van der Waals surface area contributed by atoms with E-state index in [1.807, 2.05) is 19.1 Å². The molecule has 0 aliphatic rings. The minimum atomic E-state index is -1.18. The zero-order valence-electron chi connectivity index (χ0n) is 15.2. The minimum Gasteiger partial charge on any atom is -0.464 e. The highest BCUT2D eigenvalue weighted by Gasteiger charge is 2.15. The number of amides is 1. The van der Waals surface area contributed by atoms with Crippen LogP contribution in [0.3, 0.4) is 0 Å². The van der Waals surface area contributed by atoms with Crippen LogP contribution in [-0.4, -0.2) is 21.7 Å². The van der Waals surface area contributed by atoms with E-state index in [0.717, 1.165) is 10.1 Å². The molecule has 0 fully saturated rings. The largest absolute Gasteiger partial charge is 0.464 e. The first-order valence-electron chi connectivity index (χ1n) is 8.35. The standard InChI is InChI=1S/C20H17Cl2N3O3.ClH/c1-11(23)14-4-2-3-5-16(14)24-18(26)7-6-12-10-25(20(27)28)17-9-13(21)8-15(22)19(12)17;/h2-11H,23H2,1H3,(H,24,26)(H,27,28);1H/b7-6+;. The number of nitrogens with two attached hydrogens (primary N) is 1. The number of hydrogen-bond donors (Lipinski definition) is 3. The Hall–Kier alpha value is -2.51. The number of nitrogens with one attached hydrogen (secondary N) is 1. The van der Waals surface area contributed by atoms with E-state index in [1.54, 1.807) is 12.1 Å². The molecule has 0 aliphatic carbocycles. The lowest BCUT2D eigenvalue weighted by Gasteiger charge is -2.12. The molecule has 3 rings (SSSR count). The topological polar surface area (TPSA) is 97.4 Å². The van der Waals surface area contributed by atoms with Gasteiger partial charge in [-0.25, -0.2) is 4.79 Å². The summed E-state index contributed by atoms with van der Waals surface area (Å²) in [5, 5.41) is 13.3. The van der Waals surface area contributed by atoms with Crippen molar-refractivity contribution in [3.63, 3.8) is 0 Å². The van der Waals surface area contributed by atoms with Crippen LogP contribution in [0.4, 0.5) is 10.5 Å². The Kier molecular flexibility index (Phi) is 7.32. The van der Waals surface area contributed by atoms with Gasteiger partial charge in [0.05, 0.1) is 10.5 Å². The molecule has 1 atom stereocenters. The Labute approximate surface area is 183 Å². The Bertz CT molecular complexity index is 1110. The van der Waals surface area contributed by atoms with Gasteiger partial charge in [-0.1, -0.05) is 41.4 Å². The molecule has 1 amide bonds. The second-order valence-electron chi connectivity index (χ2n) is 6.22. The lowest BCUT2D eigenvalue weighted by molar-refractivity contribution is -0.111. The Morgan fingerprint density at radius 3 is 2.59 bits per heavy atom. The van der Waals surface area contributed by atoms with Crippen molar-refractivity contribution in [3.8, 4) is 0 Å². The van der Waals surface area contributed by atoms with Crippen LogP contribution in [-0.2, 0) is 4.79 Å². The molecule has 0 spiro atoms. The first-order chi connectivity index (χ1) is 13.3. The number of benzene rings is 2. The fraction of sp³-hybridized carbons (Fsp3) is 0.100. The molecular formula is C20H18Cl3N3O3. The van der Waals surface area contributed by atoms with E-state index in [-0.39, 0.29) is 24.4 Å². The van der Waals surface area contributed by atoms with Crippen molar-refractivity contribution in [2.45, 2.75) is 13.0 Å². The molecule has 0 saturated heterocycles. The highest BCUT2D eigenvalue weighted by atomic mass is 35.5. The molecular weight excluding hydrogens is 437 g/mol. The molecule has 29 heavy (non-hydrogen) atoms. The van der Waals surface area contributed by atoms with E-state index >= 15 is 0 Å². The monoisotopic (exact) mass is 453 g/mol. The van der Waals surface area contributed by atoms with Gasteiger partial charge in [-0.3, -0.25) is 9.36 Å².